The Morgan fingerprint density at radius 2 is 2.07 bits per heavy atom. The van der Waals surface area contributed by atoms with Crippen molar-refractivity contribution in [2.45, 2.75) is 46.5 Å². The average Bonchev–Trinajstić information content (AvgIpc) is 2.16. The Morgan fingerprint density at radius 3 is 2.53 bits per heavy atom. The van der Waals surface area contributed by atoms with Crippen LogP contribution in [0.25, 0.3) is 0 Å². The van der Waals surface area contributed by atoms with Crippen molar-refractivity contribution in [1.82, 2.24) is 0 Å². The summed E-state index contributed by atoms with van der Waals surface area (Å²) in [5, 5.41) is 0. The molecular weight excluding hydrogens is 192 g/mol. The van der Waals surface area contributed by atoms with E-state index in [2.05, 4.69) is 0 Å². The van der Waals surface area contributed by atoms with Gasteiger partial charge in [-0.2, -0.15) is 0 Å². The highest BCUT2D eigenvalue weighted by atomic mass is 16.5. The van der Waals surface area contributed by atoms with Gasteiger partial charge in [-0.25, -0.2) is 0 Å². The number of rotatable bonds is 8. The molecule has 0 saturated carbocycles. The van der Waals surface area contributed by atoms with E-state index in [1.165, 1.54) is 0 Å². The minimum atomic E-state index is -0.249. The van der Waals surface area contributed by atoms with E-state index in [-0.39, 0.29) is 18.3 Å². The van der Waals surface area contributed by atoms with Gasteiger partial charge in [-0.05, 0) is 18.8 Å². The van der Waals surface area contributed by atoms with Gasteiger partial charge in [0, 0.05) is 5.92 Å². The number of esters is 1. The molecule has 0 heterocycles. The van der Waals surface area contributed by atoms with Crippen molar-refractivity contribution < 1.29 is 14.3 Å². The standard InChI is InChI=1S/C12H22O3/c1-4-5-6-15-12(14)8-11(9-13)7-10(2)3/h9-11H,4-8H2,1-3H3. The molecule has 0 aromatic rings. The first-order valence-corrected chi connectivity index (χ1v) is 5.71. The lowest BCUT2D eigenvalue weighted by atomic mass is 9.96. The molecule has 0 aromatic carbocycles. The summed E-state index contributed by atoms with van der Waals surface area (Å²) in [6, 6.07) is 0. The number of hydrogen-bond donors (Lipinski definition) is 0. The molecule has 0 radical (unpaired) electrons. The molecule has 15 heavy (non-hydrogen) atoms. The zero-order valence-electron chi connectivity index (χ0n) is 9.99. The second-order valence-electron chi connectivity index (χ2n) is 4.30. The van der Waals surface area contributed by atoms with Gasteiger partial charge in [-0.1, -0.05) is 27.2 Å². The number of hydrogen-bond acceptors (Lipinski definition) is 3. The van der Waals surface area contributed by atoms with Crippen molar-refractivity contribution in [3.05, 3.63) is 0 Å². The maximum atomic E-state index is 11.3. The highest BCUT2D eigenvalue weighted by molar-refractivity contribution is 5.73. The van der Waals surface area contributed by atoms with E-state index in [1.807, 2.05) is 20.8 Å². The molecule has 0 N–H and O–H groups in total. The van der Waals surface area contributed by atoms with E-state index >= 15 is 0 Å². The van der Waals surface area contributed by atoms with E-state index in [0.717, 1.165) is 25.5 Å². The minimum Gasteiger partial charge on any atom is -0.466 e. The van der Waals surface area contributed by atoms with Gasteiger partial charge in [0.25, 0.3) is 0 Å². The number of ether oxygens (including phenoxy) is 1. The quantitative estimate of drug-likeness (QED) is 0.354. The summed E-state index contributed by atoms with van der Waals surface area (Å²) in [7, 11) is 0. The first-order valence-electron chi connectivity index (χ1n) is 5.71. The molecule has 0 aliphatic rings. The van der Waals surface area contributed by atoms with Gasteiger partial charge in [0.1, 0.15) is 6.29 Å². The second kappa shape index (κ2) is 8.45. The molecule has 0 aromatic heterocycles. The summed E-state index contributed by atoms with van der Waals surface area (Å²) in [6.07, 6.45) is 3.75. The Hall–Kier alpha value is -0.860. The van der Waals surface area contributed by atoms with Crippen LogP contribution in [0.15, 0.2) is 0 Å². The third-order valence-electron chi connectivity index (χ3n) is 2.16. The molecule has 3 nitrogen and oxygen atoms in total. The summed E-state index contributed by atoms with van der Waals surface area (Å²) < 4.78 is 5.00. The van der Waals surface area contributed by atoms with Crippen molar-refractivity contribution in [3.63, 3.8) is 0 Å². The lowest BCUT2D eigenvalue weighted by Gasteiger charge is -2.11. The summed E-state index contributed by atoms with van der Waals surface area (Å²) in [5.74, 6) is 0.00367. The molecule has 3 heteroatoms. The maximum Gasteiger partial charge on any atom is 0.306 e. The van der Waals surface area contributed by atoms with E-state index in [1.54, 1.807) is 0 Å². The number of carbonyl (C=O) groups excluding carboxylic acids is 2. The van der Waals surface area contributed by atoms with Gasteiger partial charge < -0.3 is 9.53 Å². The number of carbonyl (C=O) groups is 2. The summed E-state index contributed by atoms with van der Waals surface area (Å²) in [4.78, 5) is 22.0. The third kappa shape index (κ3) is 8.16. The van der Waals surface area contributed by atoms with Crippen LogP contribution in [-0.4, -0.2) is 18.9 Å². The second-order valence-corrected chi connectivity index (χ2v) is 4.30. The zero-order valence-corrected chi connectivity index (χ0v) is 9.99. The molecule has 0 saturated heterocycles. The summed E-state index contributed by atoms with van der Waals surface area (Å²) >= 11 is 0. The van der Waals surface area contributed by atoms with Crippen LogP contribution in [0.4, 0.5) is 0 Å². The smallest absolute Gasteiger partial charge is 0.306 e. The third-order valence-corrected chi connectivity index (χ3v) is 2.16. The van der Waals surface area contributed by atoms with Crippen molar-refractivity contribution >= 4 is 12.3 Å². The molecule has 0 amide bonds. The average molecular weight is 214 g/mol. The summed E-state index contributed by atoms with van der Waals surface area (Å²) in [6.45, 7) is 6.60. The van der Waals surface area contributed by atoms with Gasteiger partial charge in [0.15, 0.2) is 0 Å². The largest absolute Gasteiger partial charge is 0.466 e. The van der Waals surface area contributed by atoms with Crippen molar-refractivity contribution in [2.75, 3.05) is 6.61 Å². The highest BCUT2D eigenvalue weighted by Crippen LogP contribution is 2.13. The van der Waals surface area contributed by atoms with Crippen LogP contribution < -0.4 is 0 Å². The molecular formula is C12H22O3. The molecule has 0 fully saturated rings. The van der Waals surface area contributed by atoms with E-state index in [4.69, 9.17) is 4.74 Å². The molecule has 0 rings (SSSR count). The Morgan fingerprint density at radius 1 is 1.40 bits per heavy atom. The molecule has 0 aliphatic heterocycles. The van der Waals surface area contributed by atoms with Crippen LogP contribution in [0.5, 0.6) is 0 Å². The molecule has 0 aliphatic carbocycles. The van der Waals surface area contributed by atoms with Crippen LogP contribution in [0.3, 0.4) is 0 Å². The molecule has 88 valence electrons. The predicted molar refractivity (Wildman–Crippen MR) is 59.5 cm³/mol. The van der Waals surface area contributed by atoms with Crippen molar-refractivity contribution in [1.29, 1.82) is 0 Å². The Kier molecular flexibility index (Phi) is 7.96. The lowest BCUT2D eigenvalue weighted by Crippen LogP contribution is -2.15. The lowest BCUT2D eigenvalue weighted by molar-refractivity contribution is -0.145. The van der Waals surface area contributed by atoms with Crippen molar-refractivity contribution in [3.8, 4) is 0 Å². The van der Waals surface area contributed by atoms with Crippen LogP contribution >= 0.6 is 0 Å². The zero-order chi connectivity index (χ0) is 11.7. The Balaban J connectivity index is 3.75. The first-order chi connectivity index (χ1) is 7.10. The fourth-order valence-electron chi connectivity index (χ4n) is 1.40. The van der Waals surface area contributed by atoms with Gasteiger partial charge in [0.2, 0.25) is 0 Å². The van der Waals surface area contributed by atoms with Crippen LogP contribution in [0, 0.1) is 11.8 Å². The topological polar surface area (TPSA) is 43.4 Å². The molecule has 1 atom stereocenters. The number of aldehydes is 1. The Labute approximate surface area is 92.2 Å². The SMILES string of the molecule is CCCCOC(=O)CC(C=O)CC(C)C. The predicted octanol–water partition coefficient (Wildman–Crippen LogP) is 2.58. The van der Waals surface area contributed by atoms with E-state index in [9.17, 15) is 9.59 Å². The molecule has 0 spiro atoms. The fraction of sp³-hybridized carbons (Fsp3) is 0.833. The molecule has 1 unspecified atom stereocenters. The Bertz CT molecular complexity index is 187. The number of unbranched alkanes of at least 4 members (excludes halogenated alkanes) is 1. The van der Waals surface area contributed by atoms with Gasteiger partial charge in [-0.15, -0.1) is 0 Å². The first kappa shape index (κ1) is 14.1. The van der Waals surface area contributed by atoms with Gasteiger partial charge >= 0.3 is 5.97 Å². The summed E-state index contributed by atoms with van der Waals surface area (Å²) in [5.41, 5.74) is 0. The van der Waals surface area contributed by atoms with E-state index < -0.39 is 0 Å². The van der Waals surface area contributed by atoms with Crippen LogP contribution in [0.2, 0.25) is 0 Å². The maximum absolute atomic E-state index is 11.3. The normalized spacial score (nSPS) is 12.5. The highest BCUT2D eigenvalue weighted by Gasteiger charge is 2.15. The van der Waals surface area contributed by atoms with Gasteiger partial charge in [0.05, 0.1) is 13.0 Å². The molecule has 0 bridgehead atoms. The van der Waals surface area contributed by atoms with Crippen LogP contribution in [0.1, 0.15) is 46.5 Å². The van der Waals surface area contributed by atoms with Gasteiger partial charge in [-0.3, -0.25) is 4.79 Å². The van der Waals surface area contributed by atoms with Crippen molar-refractivity contribution in [2.24, 2.45) is 11.8 Å². The van der Waals surface area contributed by atoms with Crippen LogP contribution in [-0.2, 0) is 14.3 Å². The van der Waals surface area contributed by atoms with E-state index in [0.29, 0.717) is 12.5 Å². The fourth-order valence-corrected chi connectivity index (χ4v) is 1.40. The monoisotopic (exact) mass is 214 g/mol. The minimum absolute atomic E-state index is 0.181.